The van der Waals surface area contributed by atoms with Crippen molar-refractivity contribution in [1.82, 2.24) is 4.98 Å². The lowest BCUT2D eigenvalue weighted by Gasteiger charge is -2.09. The van der Waals surface area contributed by atoms with E-state index in [-0.39, 0.29) is 22.5 Å². The monoisotopic (exact) mass is 376 g/mol. The van der Waals surface area contributed by atoms with E-state index in [0.29, 0.717) is 28.9 Å². The minimum absolute atomic E-state index is 0.0574. The van der Waals surface area contributed by atoms with E-state index in [1.54, 1.807) is 13.0 Å². The summed E-state index contributed by atoms with van der Waals surface area (Å²) in [5.41, 5.74) is 2.86. The molecule has 0 aliphatic heterocycles. The third-order valence-corrected chi connectivity index (χ3v) is 4.50. The molecule has 7 nitrogen and oxygen atoms in total. The van der Waals surface area contributed by atoms with Crippen LogP contribution in [0.1, 0.15) is 44.9 Å². The highest BCUT2D eigenvalue weighted by molar-refractivity contribution is 6.32. The van der Waals surface area contributed by atoms with Crippen LogP contribution in [-0.2, 0) is 11.2 Å². The summed E-state index contributed by atoms with van der Waals surface area (Å²) in [5, 5.41) is 11.5. The Balaban J connectivity index is 1.77. The maximum atomic E-state index is 12.6. The van der Waals surface area contributed by atoms with Gasteiger partial charge >= 0.3 is 5.97 Å². The number of ether oxygens (including phenoxy) is 1. The Morgan fingerprint density at radius 1 is 1.35 bits per heavy atom. The van der Waals surface area contributed by atoms with Crippen molar-refractivity contribution in [1.29, 1.82) is 0 Å². The molecule has 0 radical (unpaired) electrons. The van der Waals surface area contributed by atoms with Crippen LogP contribution in [0.2, 0.25) is 5.02 Å². The van der Waals surface area contributed by atoms with Crippen LogP contribution < -0.4 is 10.1 Å². The predicted octanol–water partition coefficient (Wildman–Crippen LogP) is 3.21. The van der Waals surface area contributed by atoms with E-state index in [0.717, 1.165) is 18.5 Å². The summed E-state index contributed by atoms with van der Waals surface area (Å²) >= 11 is 6.05. The Labute approximate surface area is 154 Å². The first-order chi connectivity index (χ1) is 12.4. The van der Waals surface area contributed by atoms with Crippen molar-refractivity contribution in [3.8, 4) is 5.75 Å². The van der Waals surface area contributed by atoms with Gasteiger partial charge in [-0.3, -0.25) is 9.59 Å². The van der Waals surface area contributed by atoms with Crippen LogP contribution in [0, 0.1) is 6.92 Å². The van der Waals surface area contributed by atoms with E-state index in [1.165, 1.54) is 12.1 Å². The van der Waals surface area contributed by atoms with Crippen molar-refractivity contribution in [2.75, 3.05) is 11.9 Å². The molecule has 0 saturated heterocycles. The number of aromatic nitrogens is 1. The van der Waals surface area contributed by atoms with Crippen LogP contribution in [0.3, 0.4) is 0 Å². The van der Waals surface area contributed by atoms with Crippen molar-refractivity contribution >= 4 is 34.9 Å². The Bertz CT molecular complexity index is 903. The third-order valence-electron chi connectivity index (χ3n) is 4.21. The van der Waals surface area contributed by atoms with Gasteiger partial charge in [-0.25, -0.2) is 4.79 Å². The number of H-pyrrole nitrogens is 1. The Hall–Kier alpha value is -2.80. The number of carbonyl (C=O) groups is 3. The minimum Gasteiger partial charge on any atom is -0.480 e. The lowest BCUT2D eigenvalue weighted by molar-refractivity contribution is -0.139. The van der Waals surface area contributed by atoms with Gasteiger partial charge in [0.1, 0.15) is 11.4 Å². The number of halogens is 1. The van der Waals surface area contributed by atoms with E-state index >= 15 is 0 Å². The summed E-state index contributed by atoms with van der Waals surface area (Å²) in [6.45, 7) is 1.25. The second kappa shape index (κ2) is 7.21. The number of anilines is 1. The van der Waals surface area contributed by atoms with Crippen LogP contribution >= 0.6 is 11.6 Å². The molecule has 0 saturated carbocycles. The molecule has 3 N–H and O–H groups in total. The van der Waals surface area contributed by atoms with Gasteiger partial charge in [-0.2, -0.15) is 0 Å². The summed E-state index contributed by atoms with van der Waals surface area (Å²) in [6, 6.07) is 4.52. The second-order valence-electron chi connectivity index (χ2n) is 6.04. The van der Waals surface area contributed by atoms with Crippen LogP contribution in [0.5, 0.6) is 5.75 Å². The molecule has 1 aromatic carbocycles. The normalized spacial score (nSPS) is 13.2. The van der Waals surface area contributed by atoms with Crippen molar-refractivity contribution in [3.05, 3.63) is 45.7 Å². The highest BCUT2D eigenvalue weighted by Crippen LogP contribution is 2.29. The van der Waals surface area contributed by atoms with Gasteiger partial charge in [-0.05, 0) is 43.5 Å². The van der Waals surface area contributed by atoms with Gasteiger partial charge in [-0.15, -0.1) is 0 Å². The number of rotatable bonds is 5. The van der Waals surface area contributed by atoms with Gasteiger partial charge in [0.05, 0.1) is 5.02 Å². The largest absolute Gasteiger partial charge is 0.480 e. The fourth-order valence-corrected chi connectivity index (χ4v) is 3.27. The molecular weight excluding hydrogens is 360 g/mol. The van der Waals surface area contributed by atoms with Crippen molar-refractivity contribution in [2.45, 2.75) is 26.2 Å². The van der Waals surface area contributed by atoms with Gasteiger partial charge < -0.3 is 20.1 Å². The molecule has 2 aromatic rings. The van der Waals surface area contributed by atoms with Crippen molar-refractivity contribution < 1.29 is 24.2 Å². The number of fused-ring (bicyclic) bond motifs is 1. The molecule has 3 rings (SSSR count). The number of aliphatic carboxylic acids is 1. The van der Waals surface area contributed by atoms with E-state index in [9.17, 15) is 14.4 Å². The van der Waals surface area contributed by atoms with Gasteiger partial charge in [0.15, 0.2) is 12.4 Å². The molecule has 0 atom stereocenters. The molecule has 1 amide bonds. The SMILES string of the molecule is Cc1c(C(=O)Nc2ccc(OCC(=O)O)c(Cl)c2)[nH]c2c1C(=O)CCC2. The first kappa shape index (κ1) is 18.0. The standard InChI is InChI=1S/C18H17ClN2O5/c1-9-16-12(3-2-4-13(16)22)21-17(9)18(25)20-10-5-6-14(11(19)7-10)26-8-15(23)24/h5-7,21H,2-4,8H2,1H3,(H,20,25)(H,23,24). The number of amides is 1. The Morgan fingerprint density at radius 3 is 2.77 bits per heavy atom. The summed E-state index contributed by atoms with van der Waals surface area (Å²) in [6.07, 6.45) is 2.02. The maximum Gasteiger partial charge on any atom is 0.341 e. The van der Waals surface area contributed by atoms with Gasteiger partial charge in [-0.1, -0.05) is 11.6 Å². The smallest absolute Gasteiger partial charge is 0.341 e. The van der Waals surface area contributed by atoms with Crippen molar-refractivity contribution in [3.63, 3.8) is 0 Å². The highest BCUT2D eigenvalue weighted by atomic mass is 35.5. The van der Waals surface area contributed by atoms with E-state index in [2.05, 4.69) is 10.3 Å². The van der Waals surface area contributed by atoms with Crippen LogP contribution in [0.4, 0.5) is 5.69 Å². The lowest BCUT2D eigenvalue weighted by atomic mass is 9.94. The fraction of sp³-hybridized carbons (Fsp3) is 0.278. The molecular formula is C18H17ClN2O5. The van der Waals surface area contributed by atoms with Gasteiger partial charge in [0, 0.05) is 23.4 Å². The number of aryl methyl sites for hydroxylation is 1. The number of nitrogens with one attached hydrogen (secondary N) is 2. The number of benzene rings is 1. The number of carboxylic acid groups (broad SMARTS) is 1. The molecule has 8 heteroatoms. The van der Waals surface area contributed by atoms with Crippen LogP contribution in [0.25, 0.3) is 0 Å². The third kappa shape index (κ3) is 3.57. The molecule has 26 heavy (non-hydrogen) atoms. The van der Waals surface area contributed by atoms with E-state index in [4.69, 9.17) is 21.4 Å². The zero-order valence-corrected chi connectivity index (χ0v) is 14.8. The maximum absolute atomic E-state index is 12.6. The quantitative estimate of drug-likeness (QED) is 0.742. The minimum atomic E-state index is -1.11. The van der Waals surface area contributed by atoms with E-state index in [1.807, 2.05) is 0 Å². The molecule has 0 fully saturated rings. The van der Waals surface area contributed by atoms with Crippen molar-refractivity contribution in [2.24, 2.45) is 0 Å². The van der Waals surface area contributed by atoms with Gasteiger partial charge in [0.2, 0.25) is 0 Å². The molecule has 0 unspecified atom stereocenters. The zero-order chi connectivity index (χ0) is 18.8. The predicted molar refractivity (Wildman–Crippen MR) is 95.3 cm³/mol. The average molecular weight is 377 g/mol. The summed E-state index contributed by atoms with van der Waals surface area (Å²) in [7, 11) is 0. The first-order valence-electron chi connectivity index (χ1n) is 8.07. The lowest BCUT2D eigenvalue weighted by Crippen LogP contribution is -2.14. The number of hydrogen-bond acceptors (Lipinski definition) is 4. The number of hydrogen-bond donors (Lipinski definition) is 3. The fourth-order valence-electron chi connectivity index (χ4n) is 3.03. The topological polar surface area (TPSA) is 108 Å². The summed E-state index contributed by atoms with van der Waals surface area (Å²) in [4.78, 5) is 38.2. The highest BCUT2D eigenvalue weighted by Gasteiger charge is 2.26. The summed E-state index contributed by atoms with van der Waals surface area (Å²) in [5.74, 6) is -1.22. The number of Topliss-reactive ketones (excluding diaryl/α,β-unsaturated/α-hetero) is 1. The number of carboxylic acids is 1. The Morgan fingerprint density at radius 2 is 2.12 bits per heavy atom. The van der Waals surface area contributed by atoms with Gasteiger partial charge in [0.25, 0.3) is 5.91 Å². The van der Waals surface area contributed by atoms with Crippen LogP contribution in [-0.4, -0.2) is 34.4 Å². The molecule has 0 bridgehead atoms. The number of carbonyl (C=O) groups excluding carboxylic acids is 2. The average Bonchev–Trinajstić information content (AvgIpc) is 2.92. The molecule has 1 aliphatic rings. The number of ketones is 1. The molecule has 1 heterocycles. The molecule has 136 valence electrons. The second-order valence-corrected chi connectivity index (χ2v) is 6.44. The molecule has 1 aliphatic carbocycles. The zero-order valence-electron chi connectivity index (χ0n) is 14.0. The van der Waals surface area contributed by atoms with E-state index < -0.39 is 12.6 Å². The molecule has 0 spiro atoms. The first-order valence-corrected chi connectivity index (χ1v) is 8.44. The summed E-state index contributed by atoms with van der Waals surface area (Å²) < 4.78 is 5.04. The van der Waals surface area contributed by atoms with Crippen LogP contribution in [0.15, 0.2) is 18.2 Å². The number of aromatic amines is 1. The Kier molecular flexibility index (Phi) is 4.99. The molecule has 1 aromatic heterocycles.